The molecule has 0 aromatic carbocycles. The third-order valence-electron chi connectivity index (χ3n) is 7.75. The molecule has 45 heavy (non-hydrogen) atoms. The fourth-order valence-corrected chi connectivity index (χ4v) is 5.71. The van der Waals surface area contributed by atoms with E-state index in [1.165, 1.54) is 89.9 Å². The third-order valence-corrected chi connectivity index (χ3v) is 8.68. The van der Waals surface area contributed by atoms with Crippen molar-refractivity contribution in [3.05, 3.63) is 0 Å². The monoisotopic (exact) mass is 665 g/mol. The Hall–Kier alpha value is -1.03. The van der Waals surface area contributed by atoms with Crippen molar-refractivity contribution in [2.75, 3.05) is 26.4 Å². The highest BCUT2D eigenvalue weighted by Gasteiger charge is 2.21. The summed E-state index contributed by atoms with van der Waals surface area (Å²) in [6, 6.07) is 0. The predicted molar refractivity (Wildman–Crippen MR) is 176 cm³/mol. The van der Waals surface area contributed by atoms with Crippen LogP contribution in [0.5, 0.6) is 0 Å². The van der Waals surface area contributed by atoms with Gasteiger partial charge in [-0.25, -0.2) is 0 Å². The van der Waals surface area contributed by atoms with Crippen LogP contribution in [0.4, 0.5) is 0 Å². The van der Waals surface area contributed by atoms with Gasteiger partial charge in [0.15, 0.2) is 6.10 Å². The maximum Gasteiger partial charge on any atom is 0.306 e. The van der Waals surface area contributed by atoms with Gasteiger partial charge in [-0.15, -0.1) is 0 Å². The Balaban J connectivity index is 4.39. The Kier molecular flexibility index (Phi) is 30.8. The molecule has 0 saturated heterocycles. The molecule has 2 N–H and O–H groups in total. The van der Waals surface area contributed by atoms with Gasteiger partial charge in [0.25, 0.3) is 7.82 Å². The highest BCUT2D eigenvalue weighted by molar-refractivity contribution is 7.45. The SMILES string of the molecule is CCCCCCCCCCCCCC(=O)OC[C@H](COP(=O)([O-])OC[C@@H](O)CO)OC(=O)CCCCCCCCCCCCC. The summed E-state index contributed by atoms with van der Waals surface area (Å²) in [7, 11) is -4.85. The molecule has 0 amide bonds. The van der Waals surface area contributed by atoms with E-state index in [1.54, 1.807) is 0 Å². The largest absolute Gasteiger partial charge is 0.756 e. The maximum atomic E-state index is 12.5. The molecule has 268 valence electrons. The van der Waals surface area contributed by atoms with Gasteiger partial charge in [0.05, 0.1) is 19.8 Å². The summed E-state index contributed by atoms with van der Waals surface area (Å²) in [5, 5.41) is 18.2. The summed E-state index contributed by atoms with van der Waals surface area (Å²) < 4.78 is 32.1. The number of phosphoric ester groups is 1. The third kappa shape index (κ3) is 31.3. The van der Waals surface area contributed by atoms with Crippen LogP contribution in [0, 0.1) is 0 Å². The van der Waals surface area contributed by atoms with E-state index in [-0.39, 0.29) is 19.4 Å². The van der Waals surface area contributed by atoms with Gasteiger partial charge in [-0.05, 0) is 12.8 Å². The molecule has 0 rings (SSSR count). The number of esters is 2. The second kappa shape index (κ2) is 31.6. The lowest BCUT2D eigenvalue weighted by atomic mass is 10.1. The van der Waals surface area contributed by atoms with E-state index < -0.39 is 51.8 Å². The highest BCUT2D eigenvalue weighted by atomic mass is 31.2. The molecule has 11 heteroatoms. The van der Waals surface area contributed by atoms with Crippen LogP contribution in [0.15, 0.2) is 0 Å². The van der Waals surface area contributed by atoms with E-state index in [0.29, 0.717) is 12.8 Å². The van der Waals surface area contributed by atoms with Gasteiger partial charge in [0.2, 0.25) is 0 Å². The van der Waals surface area contributed by atoms with Crippen molar-refractivity contribution >= 4 is 19.8 Å². The highest BCUT2D eigenvalue weighted by Crippen LogP contribution is 2.38. The lowest BCUT2D eigenvalue weighted by Gasteiger charge is -2.26. The Morgan fingerprint density at radius 3 is 1.40 bits per heavy atom. The van der Waals surface area contributed by atoms with Crippen LogP contribution in [-0.2, 0) is 32.7 Å². The van der Waals surface area contributed by atoms with Crippen LogP contribution < -0.4 is 4.89 Å². The summed E-state index contributed by atoms with van der Waals surface area (Å²) >= 11 is 0. The van der Waals surface area contributed by atoms with Crippen LogP contribution in [-0.4, -0.2) is 60.8 Å². The van der Waals surface area contributed by atoms with Gasteiger partial charge in [-0.2, -0.15) is 0 Å². The first kappa shape index (κ1) is 44.0. The van der Waals surface area contributed by atoms with Crippen molar-refractivity contribution in [3.63, 3.8) is 0 Å². The molecule has 0 fully saturated rings. The van der Waals surface area contributed by atoms with Gasteiger partial charge < -0.3 is 33.6 Å². The number of hydrogen-bond donors (Lipinski definition) is 2. The van der Waals surface area contributed by atoms with Gasteiger partial charge in [-0.3, -0.25) is 14.2 Å². The van der Waals surface area contributed by atoms with E-state index in [4.69, 9.17) is 19.1 Å². The van der Waals surface area contributed by atoms with Crippen molar-refractivity contribution in [3.8, 4) is 0 Å². The number of phosphoric acid groups is 1. The van der Waals surface area contributed by atoms with E-state index >= 15 is 0 Å². The van der Waals surface area contributed by atoms with Crippen molar-refractivity contribution in [1.82, 2.24) is 0 Å². The topological polar surface area (TPSA) is 152 Å². The standard InChI is InChI=1S/C34H67O10P/c1-3-5-7-9-11-13-15-17-19-21-23-25-33(37)41-29-32(30-43-45(39,40)42-28-31(36)27-35)44-34(38)26-24-22-20-18-16-14-12-10-8-6-4-2/h31-32,35-36H,3-30H2,1-2H3,(H,39,40)/p-1/t31-,32+/m0/s1. The average molecular weight is 666 g/mol. The molecule has 3 atom stereocenters. The zero-order chi connectivity index (χ0) is 33.4. The molecule has 0 aromatic heterocycles. The zero-order valence-electron chi connectivity index (χ0n) is 28.6. The number of carbonyl (C=O) groups excluding carboxylic acids is 2. The van der Waals surface area contributed by atoms with Crippen LogP contribution in [0.2, 0.25) is 0 Å². The van der Waals surface area contributed by atoms with Gasteiger partial charge in [0, 0.05) is 12.8 Å². The maximum absolute atomic E-state index is 12.5. The molecular formula is C34H66O10P-. The minimum atomic E-state index is -4.85. The van der Waals surface area contributed by atoms with Crippen molar-refractivity contribution < 1.29 is 47.8 Å². The summed E-state index contributed by atoms with van der Waals surface area (Å²) in [4.78, 5) is 36.8. The minimum Gasteiger partial charge on any atom is -0.756 e. The van der Waals surface area contributed by atoms with Crippen LogP contribution in [0.25, 0.3) is 0 Å². The normalized spacial score (nSPS) is 14.2. The van der Waals surface area contributed by atoms with Gasteiger partial charge >= 0.3 is 11.9 Å². The fraction of sp³-hybridized carbons (Fsp3) is 0.941. The summed E-state index contributed by atoms with van der Waals surface area (Å²) in [5.74, 6) is -0.955. The Labute approximate surface area is 273 Å². The van der Waals surface area contributed by atoms with Crippen LogP contribution in [0.1, 0.15) is 168 Å². The number of rotatable bonds is 34. The second-order valence-electron chi connectivity index (χ2n) is 12.2. The van der Waals surface area contributed by atoms with Crippen molar-refractivity contribution in [1.29, 1.82) is 0 Å². The Morgan fingerprint density at radius 2 is 0.978 bits per heavy atom. The predicted octanol–water partition coefficient (Wildman–Crippen LogP) is 7.70. The van der Waals surface area contributed by atoms with Gasteiger partial charge in [-0.1, -0.05) is 142 Å². The van der Waals surface area contributed by atoms with Gasteiger partial charge in [0.1, 0.15) is 12.7 Å². The minimum absolute atomic E-state index is 0.175. The quantitative estimate of drug-likeness (QED) is 0.0397. The van der Waals surface area contributed by atoms with E-state index in [1.807, 2.05) is 0 Å². The molecule has 0 spiro atoms. The Morgan fingerprint density at radius 1 is 0.600 bits per heavy atom. The number of unbranched alkanes of at least 4 members (excludes halogenated alkanes) is 20. The van der Waals surface area contributed by atoms with Crippen molar-refractivity contribution in [2.24, 2.45) is 0 Å². The first-order valence-corrected chi connectivity index (χ1v) is 19.4. The molecule has 0 radical (unpaired) electrons. The number of carbonyl (C=O) groups is 2. The lowest BCUT2D eigenvalue weighted by Crippen LogP contribution is -2.30. The summed E-state index contributed by atoms with van der Waals surface area (Å²) in [6.07, 6.45) is 23.4. The molecule has 0 heterocycles. The van der Waals surface area contributed by atoms with E-state index in [2.05, 4.69) is 18.4 Å². The van der Waals surface area contributed by atoms with Crippen molar-refractivity contribution in [2.45, 2.75) is 180 Å². The average Bonchev–Trinajstić information content (AvgIpc) is 3.02. The summed E-state index contributed by atoms with van der Waals surface area (Å²) in [6.45, 7) is 2.17. The smallest absolute Gasteiger partial charge is 0.306 e. The number of ether oxygens (including phenoxy) is 2. The molecule has 0 aliphatic heterocycles. The van der Waals surface area contributed by atoms with Crippen LogP contribution in [0.3, 0.4) is 0 Å². The molecule has 0 aliphatic carbocycles. The molecular weight excluding hydrogens is 599 g/mol. The number of aliphatic hydroxyl groups excluding tert-OH is 2. The second-order valence-corrected chi connectivity index (χ2v) is 13.7. The number of aliphatic hydroxyl groups is 2. The molecule has 0 aromatic rings. The fourth-order valence-electron chi connectivity index (χ4n) is 4.93. The first-order chi connectivity index (χ1) is 21.7. The first-order valence-electron chi connectivity index (χ1n) is 18.0. The molecule has 0 bridgehead atoms. The van der Waals surface area contributed by atoms with Crippen LogP contribution >= 0.6 is 7.82 Å². The Bertz CT molecular complexity index is 736. The molecule has 10 nitrogen and oxygen atoms in total. The number of hydrogen-bond acceptors (Lipinski definition) is 10. The molecule has 0 saturated carbocycles. The molecule has 1 unspecified atom stereocenters. The zero-order valence-corrected chi connectivity index (χ0v) is 29.5. The molecule has 0 aliphatic rings. The summed E-state index contributed by atoms with van der Waals surface area (Å²) in [5.41, 5.74) is 0. The lowest BCUT2D eigenvalue weighted by molar-refractivity contribution is -0.230. The van der Waals surface area contributed by atoms with E-state index in [0.717, 1.165) is 38.5 Å². The van der Waals surface area contributed by atoms with E-state index in [9.17, 15) is 24.2 Å².